The van der Waals surface area contributed by atoms with Gasteiger partial charge < -0.3 is 5.11 Å². The van der Waals surface area contributed by atoms with Crippen molar-refractivity contribution in [3.63, 3.8) is 0 Å². The molecule has 0 aliphatic carbocycles. The van der Waals surface area contributed by atoms with E-state index in [-0.39, 0.29) is 0 Å². The summed E-state index contributed by atoms with van der Waals surface area (Å²) in [6, 6.07) is 0. The van der Waals surface area contributed by atoms with Gasteiger partial charge in [0.25, 0.3) is 11.3 Å². The van der Waals surface area contributed by atoms with Gasteiger partial charge in [-0.25, -0.2) is 9.80 Å². The average Bonchev–Trinajstić information content (AvgIpc) is 2.66. The molecule has 0 aromatic rings. The maximum Gasteiger partial charge on any atom is 0.262 e. The van der Waals surface area contributed by atoms with E-state index in [2.05, 4.69) is 0 Å². The number of hydrogen-bond acceptors (Lipinski definition) is 5. The number of rotatable bonds is 4. The molecule has 0 aromatic carbocycles. The van der Waals surface area contributed by atoms with Crippen LogP contribution >= 0.6 is 0 Å². The van der Waals surface area contributed by atoms with E-state index in [1.54, 1.807) is 0 Å². The Bertz CT molecular complexity index is 506. The van der Waals surface area contributed by atoms with E-state index in [4.69, 9.17) is 0 Å². The van der Waals surface area contributed by atoms with E-state index in [1.807, 2.05) is 65.2 Å². The van der Waals surface area contributed by atoms with Crippen molar-refractivity contribution in [2.24, 2.45) is 0 Å². The molecule has 0 saturated carbocycles. The van der Waals surface area contributed by atoms with E-state index in [0.29, 0.717) is 26.2 Å². The zero-order chi connectivity index (χ0) is 18.7. The first kappa shape index (κ1) is 19.4. The molecule has 0 bridgehead atoms. The van der Waals surface area contributed by atoms with Gasteiger partial charge in [0.1, 0.15) is 0 Å². The van der Waals surface area contributed by atoms with Crippen molar-refractivity contribution in [3.8, 4) is 0 Å². The normalized spacial score (nSPS) is 28.9. The largest absolute Gasteiger partial charge is 0.390 e. The molecule has 2 aliphatic heterocycles. The molecule has 2 heterocycles. The fourth-order valence-corrected chi connectivity index (χ4v) is 4.33. The molecule has 0 atom stereocenters. The van der Waals surface area contributed by atoms with Crippen molar-refractivity contribution in [3.05, 3.63) is 9.81 Å². The molecule has 0 spiro atoms. The van der Waals surface area contributed by atoms with Gasteiger partial charge in [-0.15, -0.1) is 0 Å². The van der Waals surface area contributed by atoms with Crippen molar-refractivity contribution < 1.29 is 14.6 Å². The third kappa shape index (κ3) is 3.02. The summed E-state index contributed by atoms with van der Waals surface area (Å²) in [7, 11) is 0. The van der Waals surface area contributed by atoms with Crippen LogP contribution in [0.5, 0.6) is 0 Å². The van der Waals surface area contributed by atoms with Crippen LogP contribution in [0.25, 0.3) is 0 Å². The molecular weight excluding hydrogens is 308 g/mol. The van der Waals surface area contributed by atoms with E-state index >= 15 is 0 Å². The molecule has 0 unspecified atom stereocenters. The lowest BCUT2D eigenvalue weighted by Crippen LogP contribution is -2.51. The van der Waals surface area contributed by atoms with E-state index in [0.717, 1.165) is 9.52 Å². The summed E-state index contributed by atoms with van der Waals surface area (Å²) in [5.74, 6) is 0. The van der Waals surface area contributed by atoms with Crippen LogP contribution in [0.3, 0.4) is 0 Å². The maximum atomic E-state index is 12.5. The fourth-order valence-electron chi connectivity index (χ4n) is 4.33. The summed E-state index contributed by atoms with van der Waals surface area (Å²) in [6.45, 7) is 17.3. The van der Waals surface area contributed by atoms with Crippen LogP contribution in [0, 0.1) is 9.81 Å². The van der Waals surface area contributed by atoms with Crippen LogP contribution in [0.2, 0.25) is 0 Å². The first-order chi connectivity index (χ1) is 10.6. The third-order valence-electron chi connectivity index (χ3n) is 5.66. The SMILES string of the molecule is CC1(C)CN(CC(O)CN2CC(C)(C)[N+](=O)C2(C)C)C(C)(C)[N+]1=O. The van der Waals surface area contributed by atoms with Crippen LogP contribution in [-0.4, -0.2) is 79.1 Å². The average molecular weight is 342 g/mol. The highest BCUT2D eigenvalue weighted by molar-refractivity contribution is 4.92. The van der Waals surface area contributed by atoms with Crippen LogP contribution in [0.4, 0.5) is 0 Å². The van der Waals surface area contributed by atoms with Gasteiger partial charge in [0, 0.05) is 87.8 Å². The number of nitrogens with zero attached hydrogens (tertiary/aromatic N) is 4. The number of hydrogen-bond donors (Lipinski definition) is 1. The minimum absolute atomic E-state index is 0.418. The highest BCUT2D eigenvalue weighted by Crippen LogP contribution is 2.34. The second-order valence-electron chi connectivity index (χ2n) is 9.62. The summed E-state index contributed by atoms with van der Waals surface area (Å²) >= 11 is 0. The van der Waals surface area contributed by atoms with Crippen molar-refractivity contribution in [2.45, 2.75) is 83.9 Å². The van der Waals surface area contributed by atoms with E-state index in [9.17, 15) is 14.9 Å². The molecule has 7 heteroatoms. The van der Waals surface area contributed by atoms with Crippen molar-refractivity contribution >= 4 is 0 Å². The lowest BCUT2D eigenvalue weighted by atomic mass is 10.1. The molecule has 0 amide bonds. The number of nitroso groups, excluding NO2 is 2. The Morgan fingerprint density at radius 2 is 1.08 bits per heavy atom. The maximum absolute atomic E-state index is 12.5. The zero-order valence-corrected chi connectivity index (χ0v) is 16.5. The molecule has 0 radical (unpaired) electrons. The third-order valence-corrected chi connectivity index (χ3v) is 5.66. The fraction of sp³-hybridized carbons (Fsp3) is 1.00. The molecule has 138 valence electrons. The quantitative estimate of drug-likeness (QED) is 0.786. The second-order valence-corrected chi connectivity index (χ2v) is 9.62. The van der Waals surface area contributed by atoms with Gasteiger partial charge in [0.2, 0.25) is 11.1 Å². The minimum atomic E-state index is -0.644. The standard InChI is InChI=1S/C17H34N4O3/c1-14(2)11-18(16(5,6)20(14)23)9-13(22)10-19-12-15(3,4)21(24)17(19,7)8/h13,22H,9-12H2,1-8H3/q+2. The molecule has 2 fully saturated rings. The summed E-state index contributed by atoms with van der Waals surface area (Å²) in [4.78, 5) is 29.0. The number of β-amino-alcohol motifs (C(OH)–C–C–N with tert-alkyl or cyclic N) is 1. The predicted molar refractivity (Wildman–Crippen MR) is 92.7 cm³/mol. The highest BCUT2D eigenvalue weighted by Gasteiger charge is 2.61. The van der Waals surface area contributed by atoms with Crippen molar-refractivity contribution in [2.75, 3.05) is 26.2 Å². The summed E-state index contributed by atoms with van der Waals surface area (Å²) < 4.78 is 2.24. The van der Waals surface area contributed by atoms with Crippen LogP contribution in [0.1, 0.15) is 55.4 Å². The van der Waals surface area contributed by atoms with Crippen LogP contribution in [0.15, 0.2) is 0 Å². The molecule has 24 heavy (non-hydrogen) atoms. The smallest absolute Gasteiger partial charge is 0.262 e. The predicted octanol–water partition coefficient (Wildman–Crippen LogP) is 1.57. The zero-order valence-electron chi connectivity index (χ0n) is 16.5. The first-order valence-electron chi connectivity index (χ1n) is 8.75. The summed E-state index contributed by atoms with van der Waals surface area (Å²) in [6.07, 6.45) is -0.617. The lowest BCUT2D eigenvalue weighted by molar-refractivity contribution is -0.668. The number of aliphatic hydroxyl groups is 1. The topological polar surface area (TPSA) is 66.9 Å². The van der Waals surface area contributed by atoms with E-state index < -0.39 is 28.5 Å². The Hall–Kier alpha value is -0.920. The first-order valence-corrected chi connectivity index (χ1v) is 8.75. The Balaban J connectivity index is 2.06. The second kappa shape index (κ2) is 5.54. The molecule has 7 nitrogen and oxygen atoms in total. The highest BCUT2D eigenvalue weighted by atomic mass is 16.3. The monoisotopic (exact) mass is 342 g/mol. The van der Waals surface area contributed by atoms with Gasteiger partial charge in [-0.1, -0.05) is 0 Å². The Morgan fingerprint density at radius 1 is 0.792 bits per heavy atom. The van der Waals surface area contributed by atoms with Crippen LogP contribution < -0.4 is 0 Å². The van der Waals surface area contributed by atoms with Gasteiger partial charge in [0.15, 0.2) is 0 Å². The van der Waals surface area contributed by atoms with Gasteiger partial charge in [-0.2, -0.15) is 0 Å². The molecular formula is C17H34N4O3+2. The van der Waals surface area contributed by atoms with Crippen molar-refractivity contribution in [1.82, 2.24) is 9.80 Å². The lowest BCUT2D eigenvalue weighted by Gasteiger charge is -2.29. The molecule has 2 rings (SSSR count). The summed E-state index contributed by atoms with van der Waals surface area (Å²) in [5, 5.41) is 10.6. The van der Waals surface area contributed by atoms with Gasteiger partial charge in [-0.3, -0.25) is 0 Å². The van der Waals surface area contributed by atoms with Gasteiger partial charge in [-0.05, 0) is 0 Å². The Kier molecular flexibility index (Phi) is 4.48. The molecule has 0 aromatic heterocycles. The Labute approximate surface area is 145 Å². The molecule has 2 saturated heterocycles. The van der Waals surface area contributed by atoms with Gasteiger partial charge in [0.05, 0.1) is 19.2 Å². The minimum Gasteiger partial charge on any atom is -0.390 e. The summed E-state index contributed by atoms with van der Waals surface area (Å²) in [5.41, 5.74) is -2.22. The van der Waals surface area contributed by atoms with Crippen LogP contribution in [-0.2, 0) is 0 Å². The number of aliphatic hydroxyl groups excluding tert-OH is 1. The van der Waals surface area contributed by atoms with Crippen molar-refractivity contribution in [1.29, 1.82) is 0 Å². The van der Waals surface area contributed by atoms with Gasteiger partial charge >= 0.3 is 0 Å². The Morgan fingerprint density at radius 3 is 1.29 bits per heavy atom. The molecule has 2 aliphatic rings. The van der Waals surface area contributed by atoms with E-state index in [1.165, 1.54) is 0 Å². The molecule has 1 N–H and O–H groups in total.